The Bertz CT molecular complexity index is 471. The van der Waals surface area contributed by atoms with Crippen molar-refractivity contribution >= 4 is 0 Å². The van der Waals surface area contributed by atoms with Crippen LogP contribution in [0.4, 0.5) is 4.39 Å². The zero-order valence-corrected chi connectivity index (χ0v) is 13.7. The standard InChI is InChI=1S/C19H28FNO2/c20-14-10-12-16(13-11-14)23-18-9-5-8-17(19(18)22)21-15-6-3-1-2-4-7-15/h10-13,15,17-19,21-22H,1-9H2/t17-,18+,19+/m0/s1. The lowest BCUT2D eigenvalue weighted by molar-refractivity contribution is -0.0185. The molecule has 2 N–H and O–H groups in total. The van der Waals surface area contributed by atoms with Crippen LogP contribution < -0.4 is 10.1 Å². The van der Waals surface area contributed by atoms with E-state index >= 15 is 0 Å². The second kappa shape index (κ2) is 8.11. The SMILES string of the molecule is O[C@@H]1[C@@H](NC2CCCCCC2)CCC[C@H]1Oc1ccc(F)cc1. The van der Waals surface area contributed by atoms with Gasteiger partial charge in [-0.3, -0.25) is 0 Å². The number of aliphatic hydroxyl groups is 1. The molecule has 0 aromatic heterocycles. The van der Waals surface area contributed by atoms with E-state index in [0.717, 1.165) is 19.3 Å². The monoisotopic (exact) mass is 321 g/mol. The molecule has 3 nitrogen and oxygen atoms in total. The predicted molar refractivity (Wildman–Crippen MR) is 89.1 cm³/mol. The van der Waals surface area contributed by atoms with Gasteiger partial charge < -0.3 is 15.2 Å². The van der Waals surface area contributed by atoms with Crippen LogP contribution in [0, 0.1) is 5.82 Å². The average Bonchev–Trinajstić information content (AvgIpc) is 2.82. The highest BCUT2D eigenvalue weighted by molar-refractivity contribution is 5.22. The molecule has 2 aliphatic rings. The van der Waals surface area contributed by atoms with E-state index in [4.69, 9.17) is 4.74 Å². The Morgan fingerprint density at radius 1 is 0.913 bits per heavy atom. The van der Waals surface area contributed by atoms with Crippen LogP contribution in [0.5, 0.6) is 5.75 Å². The van der Waals surface area contributed by atoms with Crippen molar-refractivity contribution in [2.75, 3.05) is 0 Å². The molecule has 0 unspecified atom stereocenters. The third kappa shape index (κ3) is 4.67. The largest absolute Gasteiger partial charge is 0.488 e. The molecule has 2 saturated carbocycles. The summed E-state index contributed by atoms with van der Waals surface area (Å²) in [5.74, 6) is 0.361. The first-order chi connectivity index (χ1) is 11.2. The van der Waals surface area contributed by atoms with Gasteiger partial charge in [-0.05, 0) is 56.4 Å². The number of rotatable bonds is 4. The van der Waals surface area contributed by atoms with Crippen LogP contribution in [-0.2, 0) is 0 Å². The van der Waals surface area contributed by atoms with E-state index in [2.05, 4.69) is 5.32 Å². The lowest BCUT2D eigenvalue weighted by atomic mass is 9.88. The van der Waals surface area contributed by atoms with Gasteiger partial charge in [0.25, 0.3) is 0 Å². The minimum Gasteiger partial charge on any atom is -0.488 e. The van der Waals surface area contributed by atoms with Crippen molar-refractivity contribution < 1.29 is 14.2 Å². The van der Waals surface area contributed by atoms with Gasteiger partial charge in [-0.25, -0.2) is 4.39 Å². The zero-order valence-electron chi connectivity index (χ0n) is 13.7. The molecule has 3 rings (SSSR count). The summed E-state index contributed by atoms with van der Waals surface area (Å²) < 4.78 is 18.9. The molecule has 0 amide bonds. The normalized spacial score (nSPS) is 29.9. The molecular weight excluding hydrogens is 293 g/mol. The summed E-state index contributed by atoms with van der Waals surface area (Å²) in [6.07, 6.45) is 9.86. The van der Waals surface area contributed by atoms with Crippen LogP contribution in [0.3, 0.4) is 0 Å². The van der Waals surface area contributed by atoms with Gasteiger partial charge in [0.1, 0.15) is 23.8 Å². The molecule has 0 saturated heterocycles. The summed E-state index contributed by atoms with van der Waals surface area (Å²) in [5, 5.41) is 14.4. The van der Waals surface area contributed by atoms with Gasteiger partial charge in [-0.15, -0.1) is 0 Å². The van der Waals surface area contributed by atoms with Gasteiger partial charge in [-0.1, -0.05) is 25.7 Å². The van der Waals surface area contributed by atoms with Crippen molar-refractivity contribution in [1.29, 1.82) is 0 Å². The number of hydrogen-bond acceptors (Lipinski definition) is 3. The zero-order chi connectivity index (χ0) is 16.1. The summed E-state index contributed by atoms with van der Waals surface area (Å²) >= 11 is 0. The first-order valence-electron chi connectivity index (χ1n) is 9.09. The maximum absolute atomic E-state index is 13.0. The molecule has 1 aromatic carbocycles. The molecule has 128 valence electrons. The lowest BCUT2D eigenvalue weighted by Gasteiger charge is -2.37. The smallest absolute Gasteiger partial charge is 0.126 e. The van der Waals surface area contributed by atoms with E-state index in [9.17, 15) is 9.50 Å². The van der Waals surface area contributed by atoms with Crippen molar-refractivity contribution in [3.63, 3.8) is 0 Å². The second-order valence-electron chi connectivity index (χ2n) is 6.99. The second-order valence-corrected chi connectivity index (χ2v) is 6.99. The molecule has 2 aliphatic carbocycles. The molecule has 4 heteroatoms. The van der Waals surface area contributed by atoms with Crippen molar-refractivity contribution in [3.8, 4) is 5.75 Å². The molecule has 0 bridgehead atoms. The van der Waals surface area contributed by atoms with E-state index < -0.39 is 6.10 Å². The number of nitrogens with one attached hydrogen (secondary N) is 1. The number of benzene rings is 1. The maximum Gasteiger partial charge on any atom is 0.126 e. The molecule has 0 aliphatic heterocycles. The van der Waals surface area contributed by atoms with Gasteiger partial charge in [0, 0.05) is 12.1 Å². The minimum absolute atomic E-state index is 0.109. The number of halogens is 1. The fourth-order valence-corrected chi connectivity index (χ4v) is 3.89. The molecule has 3 atom stereocenters. The Morgan fingerprint density at radius 3 is 2.30 bits per heavy atom. The fourth-order valence-electron chi connectivity index (χ4n) is 3.89. The van der Waals surface area contributed by atoms with Crippen molar-refractivity contribution in [3.05, 3.63) is 30.1 Å². The summed E-state index contributed by atoms with van der Waals surface area (Å²) in [5.41, 5.74) is 0. The predicted octanol–water partition coefficient (Wildman–Crippen LogP) is 3.80. The minimum atomic E-state index is -0.503. The molecule has 0 radical (unpaired) electrons. The maximum atomic E-state index is 13.0. The molecule has 23 heavy (non-hydrogen) atoms. The van der Waals surface area contributed by atoms with Gasteiger partial charge in [0.05, 0.1) is 0 Å². The average molecular weight is 321 g/mol. The van der Waals surface area contributed by atoms with Crippen LogP contribution >= 0.6 is 0 Å². The van der Waals surface area contributed by atoms with Crippen LogP contribution in [0.1, 0.15) is 57.8 Å². The third-order valence-electron chi connectivity index (χ3n) is 5.20. The molecule has 2 fully saturated rings. The third-order valence-corrected chi connectivity index (χ3v) is 5.20. The van der Waals surface area contributed by atoms with Crippen molar-refractivity contribution in [2.24, 2.45) is 0 Å². The Hall–Kier alpha value is -1.13. The number of aliphatic hydroxyl groups excluding tert-OH is 1. The van der Waals surface area contributed by atoms with E-state index in [1.807, 2.05) is 0 Å². The molecule has 0 heterocycles. The summed E-state index contributed by atoms with van der Waals surface area (Å²) in [7, 11) is 0. The Balaban J connectivity index is 1.56. The Labute approximate surface area is 138 Å². The Morgan fingerprint density at radius 2 is 1.61 bits per heavy atom. The highest BCUT2D eigenvalue weighted by Gasteiger charge is 2.34. The highest BCUT2D eigenvalue weighted by atomic mass is 19.1. The molecular formula is C19H28FNO2. The van der Waals surface area contributed by atoms with E-state index in [1.54, 1.807) is 12.1 Å². The summed E-state index contributed by atoms with van der Waals surface area (Å²) in [6, 6.07) is 6.69. The van der Waals surface area contributed by atoms with Crippen molar-refractivity contribution in [2.45, 2.75) is 82.1 Å². The first kappa shape index (κ1) is 16.7. The van der Waals surface area contributed by atoms with Crippen LogP contribution in [-0.4, -0.2) is 29.4 Å². The van der Waals surface area contributed by atoms with E-state index in [1.165, 1.54) is 50.7 Å². The highest BCUT2D eigenvalue weighted by Crippen LogP contribution is 2.26. The topological polar surface area (TPSA) is 41.5 Å². The van der Waals surface area contributed by atoms with Gasteiger partial charge in [-0.2, -0.15) is 0 Å². The Kier molecular flexibility index (Phi) is 5.90. The fraction of sp³-hybridized carbons (Fsp3) is 0.684. The quantitative estimate of drug-likeness (QED) is 0.829. The van der Waals surface area contributed by atoms with Gasteiger partial charge in [0.15, 0.2) is 0 Å². The summed E-state index contributed by atoms with van der Waals surface area (Å²) in [4.78, 5) is 0. The summed E-state index contributed by atoms with van der Waals surface area (Å²) in [6.45, 7) is 0. The number of ether oxygens (including phenoxy) is 1. The van der Waals surface area contributed by atoms with Crippen LogP contribution in [0.15, 0.2) is 24.3 Å². The molecule has 1 aromatic rings. The van der Waals surface area contributed by atoms with Crippen LogP contribution in [0.2, 0.25) is 0 Å². The van der Waals surface area contributed by atoms with Crippen LogP contribution in [0.25, 0.3) is 0 Å². The lowest BCUT2D eigenvalue weighted by Crippen LogP contribution is -2.53. The van der Waals surface area contributed by atoms with E-state index in [-0.39, 0.29) is 18.0 Å². The van der Waals surface area contributed by atoms with Crippen molar-refractivity contribution in [1.82, 2.24) is 5.32 Å². The first-order valence-corrected chi connectivity index (χ1v) is 9.09. The number of hydrogen-bond donors (Lipinski definition) is 2. The van der Waals surface area contributed by atoms with Gasteiger partial charge >= 0.3 is 0 Å². The molecule has 0 spiro atoms. The van der Waals surface area contributed by atoms with Gasteiger partial charge in [0.2, 0.25) is 0 Å². The van der Waals surface area contributed by atoms with E-state index in [0.29, 0.717) is 11.8 Å².